The van der Waals surface area contributed by atoms with Gasteiger partial charge in [-0.15, -0.1) is 0 Å². The van der Waals surface area contributed by atoms with Crippen LogP contribution in [0.3, 0.4) is 0 Å². The second kappa shape index (κ2) is 8.05. The van der Waals surface area contributed by atoms with Crippen molar-refractivity contribution in [2.75, 3.05) is 31.2 Å². The molecule has 0 aliphatic heterocycles. The minimum atomic E-state index is 0.0591. The highest BCUT2D eigenvalue weighted by molar-refractivity contribution is 5.51. The number of hydrogen-bond donors (Lipinski definition) is 2. The minimum Gasteiger partial charge on any atom is -0.395 e. The second-order valence-corrected chi connectivity index (χ2v) is 4.47. The Bertz CT molecular complexity index is 594. The Morgan fingerprint density at radius 1 is 0.810 bits per heavy atom. The van der Waals surface area contributed by atoms with Crippen molar-refractivity contribution in [2.45, 2.75) is 0 Å². The van der Waals surface area contributed by atoms with E-state index in [0.29, 0.717) is 13.1 Å². The highest BCUT2D eigenvalue weighted by atomic mass is 16.3. The smallest absolute Gasteiger partial charge is 0.0606 e. The highest BCUT2D eigenvalue weighted by Gasteiger charge is 2.04. The third-order valence-corrected chi connectivity index (χ3v) is 3.00. The first-order valence-electron chi connectivity index (χ1n) is 6.82. The van der Waals surface area contributed by atoms with Crippen molar-refractivity contribution in [2.24, 2.45) is 0 Å². The van der Waals surface area contributed by atoms with Crippen LogP contribution in [0.25, 0.3) is 0 Å². The van der Waals surface area contributed by atoms with E-state index in [-0.39, 0.29) is 13.2 Å². The molecule has 0 saturated heterocycles. The Morgan fingerprint density at radius 3 is 1.86 bits per heavy atom. The Morgan fingerprint density at radius 2 is 1.33 bits per heavy atom. The first kappa shape index (κ1) is 15.0. The minimum absolute atomic E-state index is 0.0591. The molecule has 4 nitrogen and oxygen atoms in total. The lowest BCUT2D eigenvalue weighted by Crippen LogP contribution is -2.29. The molecule has 0 aliphatic rings. The van der Waals surface area contributed by atoms with Crippen molar-refractivity contribution in [3.63, 3.8) is 0 Å². The number of aromatic nitrogens is 1. The third kappa shape index (κ3) is 4.60. The van der Waals surface area contributed by atoms with Crippen LogP contribution in [0.5, 0.6) is 0 Å². The predicted molar refractivity (Wildman–Crippen MR) is 83.0 cm³/mol. The molecule has 0 aliphatic carbocycles. The molecule has 0 unspecified atom stereocenters. The second-order valence-electron chi connectivity index (χ2n) is 4.47. The molecule has 0 fully saturated rings. The van der Waals surface area contributed by atoms with E-state index in [1.54, 1.807) is 12.4 Å². The van der Waals surface area contributed by atoms with Crippen LogP contribution in [0.4, 0.5) is 5.69 Å². The summed E-state index contributed by atoms with van der Waals surface area (Å²) >= 11 is 0. The molecule has 1 aromatic carbocycles. The summed E-state index contributed by atoms with van der Waals surface area (Å²) in [5.74, 6) is 6.17. The van der Waals surface area contributed by atoms with Crippen molar-refractivity contribution in [1.82, 2.24) is 4.98 Å². The van der Waals surface area contributed by atoms with Gasteiger partial charge in [0, 0.05) is 42.3 Å². The van der Waals surface area contributed by atoms with E-state index < -0.39 is 0 Å². The summed E-state index contributed by atoms with van der Waals surface area (Å²) in [6.07, 6.45) is 3.43. The first-order chi connectivity index (χ1) is 10.3. The highest BCUT2D eigenvalue weighted by Crippen LogP contribution is 2.14. The molecule has 2 rings (SSSR count). The zero-order valence-electron chi connectivity index (χ0n) is 11.7. The lowest BCUT2D eigenvalue weighted by molar-refractivity contribution is 0.281. The summed E-state index contributed by atoms with van der Waals surface area (Å²) in [5, 5.41) is 18.1. The van der Waals surface area contributed by atoms with E-state index in [2.05, 4.69) is 16.8 Å². The summed E-state index contributed by atoms with van der Waals surface area (Å²) < 4.78 is 0. The zero-order chi connectivity index (χ0) is 14.9. The van der Waals surface area contributed by atoms with Crippen molar-refractivity contribution in [3.05, 3.63) is 59.9 Å². The molecule has 0 spiro atoms. The molecular weight excluding hydrogens is 264 g/mol. The summed E-state index contributed by atoms with van der Waals surface area (Å²) in [7, 11) is 0. The largest absolute Gasteiger partial charge is 0.395 e. The number of pyridine rings is 1. The van der Waals surface area contributed by atoms with Gasteiger partial charge in [0.25, 0.3) is 0 Å². The van der Waals surface area contributed by atoms with Crippen LogP contribution in [-0.2, 0) is 0 Å². The zero-order valence-corrected chi connectivity index (χ0v) is 11.7. The topological polar surface area (TPSA) is 56.6 Å². The summed E-state index contributed by atoms with van der Waals surface area (Å²) in [6, 6.07) is 11.5. The maximum atomic E-state index is 9.04. The number of anilines is 1. The molecule has 0 amide bonds. The van der Waals surface area contributed by atoms with Gasteiger partial charge in [-0.1, -0.05) is 11.8 Å². The van der Waals surface area contributed by atoms with Gasteiger partial charge in [0.1, 0.15) is 0 Å². The van der Waals surface area contributed by atoms with E-state index in [4.69, 9.17) is 10.2 Å². The average Bonchev–Trinajstić information content (AvgIpc) is 2.54. The fourth-order valence-corrected chi connectivity index (χ4v) is 1.95. The Balaban J connectivity index is 2.10. The molecule has 2 N–H and O–H groups in total. The number of aliphatic hydroxyl groups is 2. The van der Waals surface area contributed by atoms with E-state index in [1.165, 1.54) is 0 Å². The summed E-state index contributed by atoms with van der Waals surface area (Å²) in [6.45, 7) is 1.12. The van der Waals surface area contributed by atoms with Gasteiger partial charge >= 0.3 is 0 Å². The van der Waals surface area contributed by atoms with E-state index in [9.17, 15) is 0 Å². The van der Waals surface area contributed by atoms with Gasteiger partial charge < -0.3 is 15.1 Å². The molecule has 2 aromatic rings. The average molecular weight is 282 g/mol. The first-order valence-corrected chi connectivity index (χ1v) is 6.82. The van der Waals surface area contributed by atoms with Gasteiger partial charge in [-0.2, -0.15) is 0 Å². The predicted octanol–water partition coefficient (Wildman–Crippen LogP) is 1.27. The SMILES string of the molecule is OCCN(CCO)c1ccc(C#Cc2ccncc2)cc1. The lowest BCUT2D eigenvalue weighted by atomic mass is 10.1. The van der Waals surface area contributed by atoms with Crippen LogP contribution in [0.2, 0.25) is 0 Å². The molecule has 0 saturated carbocycles. The molecule has 0 radical (unpaired) electrons. The van der Waals surface area contributed by atoms with Gasteiger partial charge in [0.2, 0.25) is 0 Å². The summed E-state index contributed by atoms with van der Waals surface area (Å²) in [5.41, 5.74) is 2.81. The fraction of sp³-hybridized carbons (Fsp3) is 0.235. The van der Waals surface area contributed by atoms with Crippen LogP contribution in [0, 0.1) is 11.8 Å². The number of hydrogen-bond acceptors (Lipinski definition) is 4. The maximum absolute atomic E-state index is 9.04. The number of rotatable bonds is 5. The molecule has 0 bridgehead atoms. The molecule has 0 atom stereocenters. The summed E-state index contributed by atoms with van der Waals surface area (Å²) in [4.78, 5) is 5.88. The maximum Gasteiger partial charge on any atom is 0.0606 e. The van der Waals surface area contributed by atoms with Crippen LogP contribution in [0.15, 0.2) is 48.8 Å². The number of benzene rings is 1. The van der Waals surface area contributed by atoms with E-state index in [1.807, 2.05) is 41.3 Å². The Kier molecular flexibility index (Phi) is 5.77. The Labute approximate surface area is 124 Å². The van der Waals surface area contributed by atoms with Crippen LogP contribution >= 0.6 is 0 Å². The number of aliphatic hydroxyl groups excluding tert-OH is 2. The molecular formula is C17H18N2O2. The van der Waals surface area contributed by atoms with Gasteiger partial charge in [0.05, 0.1) is 13.2 Å². The monoisotopic (exact) mass is 282 g/mol. The van der Waals surface area contributed by atoms with Gasteiger partial charge in [-0.05, 0) is 36.4 Å². The van der Waals surface area contributed by atoms with Crippen molar-refractivity contribution in [1.29, 1.82) is 0 Å². The van der Waals surface area contributed by atoms with Gasteiger partial charge in [-0.3, -0.25) is 4.98 Å². The van der Waals surface area contributed by atoms with Gasteiger partial charge in [-0.25, -0.2) is 0 Å². The van der Waals surface area contributed by atoms with Crippen LogP contribution in [0.1, 0.15) is 11.1 Å². The lowest BCUT2D eigenvalue weighted by Gasteiger charge is -2.22. The number of nitrogens with zero attached hydrogens (tertiary/aromatic N) is 2. The third-order valence-electron chi connectivity index (χ3n) is 3.00. The van der Waals surface area contributed by atoms with E-state index >= 15 is 0 Å². The molecule has 108 valence electrons. The molecule has 1 heterocycles. The normalized spacial score (nSPS) is 9.81. The van der Waals surface area contributed by atoms with Crippen molar-refractivity contribution >= 4 is 5.69 Å². The van der Waals surface area contributed by atoms with Crippen molar-refractivity contribution < 1.29 is 10.2 Å². The van der Waals surface area contributed by atoms with Crippen LogP contribution in [-0.4, -0.2) is 41.5 Å². The molecule has 4 heteroatoms. The Hall–Kier alpha value is -2.35. The molecule has 1 aromatic heterocycles. The molecule has 21 heavy (non-hydrogen) atoms. The van der Waals surface area contributed by atoms with E-state index in [0.717, 1.165) is 16.8 Å². The quantitative estimate of drug-likeness (QED) is 0.811. The standard InChI is InChI=1S/C17H18N2O2/c20-13-11-19(12-14-21)17-5-3-15(4-6-17)1-2-16-7-9-18-10-8-16/h3-10,20-21H,11-14H2. The van der Waals surface area contributed by atoms with Crippen LogP contribution < -0.4 is 4.90 Å². The van der Waals surface area contributed by atoms with Crippen molar-refractivity contribution in [3.8, 4) is 11.8 Å². The van der Waals surface area contributed by atoms with Gasteiger partial charge in [0.15, 0.2) is 0 Å². The fourth-order valence-electron chi connectivity index (χ4n) is 1.95.